The predicted molar refractivity (Wildman–Crippen MR) is 106 cm³/mol. The number of aryl methyl sites for hydroxylation is 1. The molecule has 0 saturated carbocycles. The van der Waals surface area contributed by atoms with Crippen LogP contribution in [0, 0.1) is 11.6 Å². The molecule has 0 heterocycles. The Morgan fingerprint density at radius 2 is 1.83 bits per heavy atom. The van der Waals surface area contributed by atoms with E-state index >= 15 is 0 Å². The van der Waals surface area contributed by atoms with Crippen LogP contribution >= 0.6 is 0 Å². The van der Waals surface area contributed by atoms with E-state index in [1.54, 1.807) is 7.11 Å². The zero-order valence-electron chi connectivity index (χ0n) is 16.8. The Hall–Kier alpha value is -2.51. The third-order valence-corrected chi connectivity index (χ3v) is 4.68. The first-order chi connectivity index (χ1) is 13.6. The summed E-state index contributed by atoms with van der Waals surface area (Å²) in [5, 5.41) is 22.4. The lowest BCUT2D eigenvalue weighted by molar-refractivity contribution is -0.136. The Kier molecular flexibility index (Phi) is 7.70. The summed E-state index contributed by atoms with van der Waals surface area (Å²) < 4.78 is 33.2. The SMILES string of the molecule is COc1ccc(CC(C)(C)NC[C@@H](O)c2cc(CCC(=O)O)cc(F)c2F)cc1. The van der Waals surface area contributed by atoms with Crippen LogP contribution in [0.5, 0.6) is 5.75 Å². The van der Waals surface area contributed by atoms with Crippen LogP contribution < -0.4 is 10.1 Å². The molecule has 0 amide bonds. The van der Waals surface area contributed by atoms with Gasteiger partial charge in [-0.3, -0.25) is 4.79 Å². The van der Waals surface area contributed by atoms with Gasteiger partial charge in [0.1, 0.15) is 5.75 Å². The molecule has 0 spiro atoms. The van der Waals surface area contributed by atoms with E-state index in [0.717, 1.165) is 17.4 Å². The molecule has 0 aromatic heterocycles. The zero-order valence-corrected chi connectivity index (χ0v) is 16.8. The van der Waals surface area contributed by atoms with E-state index in [1.165, 1.54) is 6.07 Å². The van der Waals surface area contributed by atoms with Crippen molar-refractivity contribution in [2.45, 2.75) is 44.8 Å². The van der Waals surface area contributed by atoms with Gasteiger partial charge in [-0.15, -0.1) is 0 Å². The van der Waals surface area contributed by atoms with Crippen molar-refractivity contribution in [1.29, 1.82) is 0 Å². The summed E-state index contributed by atoms with van der Waals surface area (Å²) in [6, 6.07) is 9.90. The fraction of sp³-hybridized carbons (Fsp3) is 0.409. The number of methoxy groups -OCH3 is 1. The smallest absolute Gasteiger partial charge is 0.303 e. The highest BCUT2D eigenvalue weighted by Gasteiger charge is 2.23. The van der Waals surface area contributed by atoms with Gasteiger partial charge in [0.2, 0.25) is 0 Å². The minimum absolute atomic E-state index is 0.0158. The number of hydrogen-bond acceptors (Lipinski definition) is 4. The van der Waals surface area contributed by atoms with Gasteiger partial charge in [0.15, 0.2) is 11.6 Å². The maximum absolute atomic E-state index is 14.2. The first-order valence-electron chi connectivity index (χ1n) is 9.37. The number of rotatable bonds is 10. The monoisotopic (exact) mass is 407 g/mol. The van der Waals surface area contributed by atoms with Crippen molar-refractivity contribution < 1.29 is 28.5 Å². The van der Waals surface area contributed by atoms with Crippen molar-refractivity contribution in [1.82, 2.24) is 5.32 Å². The number of aliphatic carboxylic acids is 1. The van der Waals surface area contributed by atoms with Crippen LogP contribution in [0.4, 0.5) is 8.78 Å². The Balaban J connectivity index is 2.04. The minimum Gasteiger partial charge on any atom is -0.497 e. The van der Waals surface area contributed by atoms with Crippen LogP contribution in [0.3, 0.4) is 0 Å². The molecule has 5 nitrogen and oxygen atoms in total. The van der Waals surface area contributed by atoms with Crippen molar-refractivity contribution in [3.63, 3.8) is 0 Å². The quantitative estimate of drug-likeness (QED) is 0.561. The molecule has 2 aromatic rings. The Morgan fingerprint density at radius 3 is 2.41 bits per heavy atom. The van der Waals surface area contributed by atoms with Gasteiger partial charge in [-0.05, 0) is 62.1 Å². The topological polar surface area (TPSA) is 78.8 Å². The van der Waals surface area contributed by atoms with Crippen LogP contribution in [-0.2, 0) is 17.6 Å². The third kappa shape index (κ3) is 6.80. The number of carbonyl (C=O) groups is 1. The normalized spacial score (nSPS) is 12.6. The van der Waals surface area contributed by atoms with E-state index in [2.05, 4.69) is 5.32 Å². The number of hydrogen-bond donors (Lipinski definition) is 3. The number of aliphatic hydroxyl groups is 1. The summed E-state index contributed by atoms with van der Waals surface area (Å²) in [6.45, 7) is 3.91. The molecule has 1 atom stereocenters. The van der Waals surface area contributed by atoms with Crippen LogP contribution in [0.15, 0.2) is 36.4 Å². The standard InChI is InChI=1S/C22H27F2NO4/c1-22(2,12-14-4-7-16(29-3)8-5-14)25-13-19(26)17-10-15(6-9-20(27)28)11-18(23)21(17)24/h4-5,7-8,10-11,19,25-26H,6,9,12-13H2,1-3H3,(H,27,28)/t19-/m1/s1. The maximum atomic E-state index is 14.2. The van der Waals surface area contributed by atoms with Gasteiger partial charge in [0, 0.05) is 24.1 Å². The summed E-state index contributed by atoms with van der Waals surface area (Å²) in [7, 11) is 1.60. The molecule has 7 heteroatoms. The minimum atomic E-state index is -1.27. The molecule has 2 rings (SSSR count). The van der Waals surface area contributed by atoms with E-state index in [0.29, 0.717) is 12.0 Å². The van der Waals surface area contributed by atoms with E-state index in [9.17, 15) is 18.7 Å². The molecular formula is C22H27F2NO4. The lowest BCUT2D eigenvalue weighted by Gasteiger charge is -2.28. The van der Waals surface area contributed by atoms with Crippen molar-refractivity contribution in [2.24, 2.45) is 0 Å². The molecule has 0 radical (unpaired) electrons. The Bertz CT molecular complexity index is 837. The average Bonchev–Trinajstić information content (AvgIpc) is 2.67. The molecule has 0 aliphatic carbocycles. The molecule has 0 unspecified atom stereocenters. The number of carboxylic acid groups (broad SMARTS) is 1. The lowest BCUT2D eigenvalue weighted by atomic mass is 9.94. The number of benzene rings is 2. The van der Waals surface area contributed by atoms with Gasteiger partial charge in [-0.2, -0.15) is 0 Å². The molecule has 0 aliphatic rings. The van der Waals surface area contributed by atoms with Gasteiger partial charge < -0.3 is 20.3 Å². The van der Waals surface area contributed by atoms with Gasteiger partial charge in [-0.1, -0.05) is 12.1 Å². The zero-order chi connectivity index (χ0) is 21.6. The summed E-state index contributed by atoms with van der Waals surface area (Å²) in [6.07, 6.45) is -0.764. The summed E-state index contributed by atoms with van der Waals surface area (Å²) in [4.78, 5) is 10.7. The molecule has 0 aliphatic heterocycles. The van der Waals surface area contributed by atoms with Crippen molar-refractivity contribution in [2.75, 3.05) is 13.7 Å². The van der Waals surface area contributed by atoms with Crippen LogP contribution in [0.25, 0.3) is 0 Å². The molecule has 29 heavy (non-hydrogen) atoms. The number of nitrogens with one attached hydrogen (secondary N) is 1. The predicted octanol–water partition coefficient (Wildman–Crippen LogP) is 3.63. The number of aliphatic hydroxyl groups excluding tert-OH is 1. The number of carboxylic acids is 1. The van der Waals surface area contributed by atoms with Gasteiger partial charge in [0.05, 0.1) is 13.2 Å². The summed E-state index contributed by atoms with van der Waals surface area (Å²) >= 11 is 0. The van der Waals surface area contributed by atoms with Crippen molar-refractivity contribution in [3.8, 4) is 5.75 Å². The molecular weight excluding hydrogens is 380 g/mol. The highest BCUT2D eigenvalue weighted by molar-refractivity contribution is 5.67. The first-order valence-corrected chi connectivity index (χ1v) is 9.37. The number of halogens is 2. The van der Waals surface area contributed by atoms with E-state index < -0.39 is 29.2 Å². The first kappa shape index (κ1) is 22.8. The summed E-state index contributed by atoms with van der Waals surface area (Å²) in [5.74, 6) is -2.49. The highest BCUT2D eigenvalue weighted by Crippen LogP contribution is 2.23. The Morgan fingerprint density at radius 1 is 1.17 bits per heavy atom. The molecule has 3 N–H and O–H groups in total. The van der Waals surface area contributed by atoms with Crippen molar-refractivity contribution >= 4 is 5.97 Å². The summed E-state index contributed by atoms with van der Waals surface area (Å²) in [5.41, 5.74) is 0.799. The maximum Gasteiger partial charge on any atom is 0.303 e. The van der Waals surface area contributed by atoms with Crippen LogP contribution in [0.2, 0.25) is 0 Å². The second-order valence-corrected chi connectivity index (χ2v) is 7.68. The van der Waals surface area contributed by atoms with Crippen LogP contribution in [-0.4, -0.2) is 35.4 Å². The Labute approximate surface area is 169 Å². The van der Waals surface area contributed by atoms with E-state index in [1.807, 2.05) is 38.1 Å². The van der Waals surface area contributed by atoms with Crippen molar-refractivity contribution in [3.05, 3.63) is 64.7 Å². The molecule has 158 valence electrons. The second kappa shape index (κ2) is 9.80. The number of β-amino-alcohol motifs (C(OH)–C–C–N with tert-alkyl or cyclic N) is 1. The lowest BCUT2D eigenvalue weighted by Crippen LogP contribution is -2.43. The fourth-order valence-electron chi connectivity index (χ4n) is 3.11. The molecule has 0 fully saturated rings. The number of ether oxygens (including phenoxy) is 1. The highest BCUT2D eigenvalue weighted by atomic mass is 19.2. The fourth-order valence-corrected chi connectivity index (χ4v) is 3.11. The molecule has 0 bridgehead atoms. The molecule has 0 saturated heterocycles. The molecule has 2 aromatic carbocycles. The van der Waals surface area contributed by atoms with Crippen LogP contribution in [0.1, 0.15) is 43.1 Å². The van der Waals surface area contributed by atoms with E-state index in [-0.39, 0.29) is 24.9 Å². The third-order valence-electron chi connectivity index (χ3n) is 4.68. The average molecular weight is 407 g/mol. The van der Waals surface area contributed by atoms with Gasteiger partial charge in [-0.25, -0.2) is 8.78 Å². The van der Waals surface area contributed by atoms with Gasteiger partial charge in [0.25, 0.3) is 0 Å². The van der Waals surface area contributed by atoms with Gasteiger partial charge >= 0.3 is 5.97 Å². The van der Waals surface area contributed by atoms with E-state index in [4.69, 9.17) is 9.84 Å². The second-order valence-electron chi connectivity index (χ2n) is 7.68. The largest absolute Gasteiger partial charge is 0.497 e.